The van der Waals surface area contributed by atoms with Crippen molar-refractivity contribution in [2.45, 2.75) is 19.5 Å². The SMILES string of the molecule is C=C=CCn1c(-c2ccccc2)ncc(NC(C)C2=COCC(c3ccccc3)=N2)c1=O. The van der Waals surface area contributed by atoms with Gasteiger partial charge in [0.25, 0.3) is 5.56 Å². The first-order chi connectivity index (χ1) is 15.7. The summed E-state index contributed by atoms with van der Waals surface area (Å²) in [6, 6.07) is 19.3. The van der Waals surface area contributed by atoms with Gasteiger partial charge in [0.2, 0.25) is 0 Å². The second kappa shape index (κ2) is 9.77. The van der Waals surface area contributed by atoms with Crippen molar-refractivity contribution in [2.24, 2.45) is 4.99 Å². The standard InChI is InChI=1S/C26H24N4O2/c1-3-4-15-30-25(21-13-9-6-10-14-21)27-16-22(26(30)31)28-19(2)23-17-32-18-24(29-23)20-11-7-5-8-12-20/h4-14,16-17,19,28H,1,15,18H2,2H3. The molecular formula is C26H24N4O2. The number of allylic oxidation sites excluding steroid dienone is 1. The van der Waals surface area contributed by atoms with Crippen molar-refractivity contribution in [3.8, 4) is 11.4 Å². The molecule has 4 rings (SSSR count). The summed E-state index contributed by atoms with van der Waals surface area (Å²) in [5.41, 5.74) is 6.37. The lowest BCUT2D eigenvalue weighted by molar-refractivity contribution is 0.291. The lowest BCUT2D eigenvalue weighted by Gasteiger charge is -2.21. The second-order valence-corrected chi connectivity index (χ2v) is 7.33. The van der Waals surface area contributed by atoms with Crippen molar-refractivity contribution in [3.05, 3.63) is 113 Å². The summed E-state index contributed by atoms with van der Waals surface area (Å²) in [5, 5.41) is 3.25. The van der Waals surface area contributed by atoms with Crippen LogP contribution >= 0.6 is 0 Å². The van der Waals surface area contributed by atoms with Gasteiger partial charge in [-0.3, -0.25) is 9.36 Å². The molecule has 0 saturated heterocycles. The molecule has 0 bridgehead atoms. The number of rotatable bonds is 7. The molecule has 0 radical (unpaired) electrons. The van der Waals surface area contributed by atoms with Gasteiger partial charge in [-0.15, -0.1) is 5.73 Å². The van der Waals surface area contributed by atoms with E-state index in [1.807, 2.05) is 67.6 Å². The van der Waals surface area contributed by atoms with Crippen molar-refractivity contribution >= 4 is 11.4 Å². The zero-order valence-electron chi connectivity index (χ0n) is 17.9. The Hall–Kier alpha value is -4.15. The van der Waals surface area contributed by atoms with Crippen LogP contribution in [0.4, 0.5) is 5.69 Å². The fourth-order valence-corrected chi connectivity index (χ4v) is 3.44. The van der Waals surface area contributed by atoms with Crippen molar-refractivity contribution in [3.63, 3.8) is 0 Å². The maximum atomic E-state index is 13.3. The van der Waals surface area contributed by atoms with Crippen LogP contribution in [0.5, 0.6) is 0 Å². The van der Waals surface area contributed by atoms with Crippen LogP contribution in [0.2, 0.25) is 0 Å². The Morgan fingerprint density at radius 3 is 2.53 bits per heavy atom. The average Bonchev–Trinajstić information content (AvgIpc) is 2.85. The van der Waals surface area contributed by atoms with Gasteiger partial charge in [-0.25, -0.2) is 9.98 Å². The molecule has 0 amide bonds. The Bertz CT molecular complexity index is 1250. The van der Waals surface area contributed by atoms with Gasteiger partial charge in [0, 0.05) is 5.56 Å². The fraction of sp³-hybridized carbons (Fsp3) is 0.154. The monoisotopic (exact) mass is 424 g/mol. The van der Waals surface area contributed by atoms with E-state index < -0.39 is 0 Å². The molecule has 2 heterocycles. The van der Waals surface area contributed by atoms with E-state index in [-0.39, 0.29) is 11.6 Å². The zero-order chi connectivity index (χ0) is 22.3. The van der Waals surface area contributed by atoms with Crippen molar-refractivity contribution < 1.29 is 4.74 Å². The smallest absolute Gasteiger partial charge is 0.277 e. The molecule has 2 aromatic carbocycles. The largest absolute Gasteiger partial charge is 0.493 e. The van der Waals surface area contributed by atoms with Crippen molar-refractivity contribution in [1.82, 2.24) is 9.55 Å². The van der Waals surface area contributed by atoms with Crippen molar-refractivity contribution in [1.29, 1.82) is 0 Å². The first-order valence-electron chi connectivity index (χ1n) is 10.4. The number of nitrogens with one attached hydrogen (secondary N) is 1. The third-order valence-electron chi connectivity index (χ3n) is 5.11. The summed E-state index contributed by atoms with van der Waals surface area (Å²) in [4.78, 5) is 22.6. The lowest BCUT2D eigenvalue weighted by atomic mass is 10.1. The Labute approximate surface area is 186 Å². The molecule has 0 saturated carbocycles. The van der Waals surface area contributed by atoms with Gasteiger partial charge >= 0.3 is 0 Å². The third kappa shape index (κ3) is 4.61. The molecular weight excluding hydrogens is 400 g/mol. The average molecular weight is 425 g/mol. The molecule has 6 nitrogen and oxygen atoms in total. The molecule has 1 atom stereocenters. The summed E-state index contributed by atoms with van der Waals surface area (Å²) in [6.45, 7) is 6.28. The first kappa shape index (κ1) is 21.1. The number of ether oxygens (including phenoxy) is 1. The highest BCUT2D eigenvalue weighted by atomic mass is 16.5. The molecule has 1 unspecified atom stereocenters. The molecule has 0 fully saturated rings. The van der Waals surface area contributed by atoms with Crippen LogP contribution in [0.15, 0.2) is 107 Å². The third-order valence-corrected chi connectivity index (χ3v) is 5.11. The van der Waals surface area contributed by atoms with Crippen LogP contribution in [0.1, 0.15) is 12.5 Å². The fourth-order valence-electron chi connectivity index (χ4n) is 3.44. The normalized spacial score (nSPS) is 13.8. The van der Waals surface area contributed by atoms with Crippen LogP contribution < -0.4 is 10.9 Å². The van der Waals surface area contributed by atoms with E-state index in [1.54, 1.807) is 23.1 Å². The first-order valence-corrected chi connectivity index (χ1v) is 10.4. The number of aliphatic imine (C=N–C) groups is 1. The van der Waals surface area contributed by atoms with E-state index in [0.29, 0.717) is 30.4 Å². The quantitative estimate of drug-likeness (QED) is 0.571. The van der Waals surface area contributed by atoms with Crippen LogP contribution in [-0.2, 0) is 11.3 Å². The van der Waals surface area contributed by atoms with Crippen molar-refractivity contribution in [2.75, 3.05) is 11.9 Å². The predicted molar refractivity (Wildman–Crippen MR) is 128 cm³/mol. The highest BCUT2D eigenvalue weighted by molar-refractivity contribution is 6.02. The maximum absolute atomic E-state index is 13.3. The van der Waals surface area contributed by atoms with Gasteiger partial charge in [0.15, 0.2) is 0 Å². The Kier molecular flexibility index (Phi) is 6.44. The summed E-state index contributed by atoms with van der Waals surface area (Å²) in [5.74, 6) is 0.588. The highest BCUT2D eigenvalue weighted by Gasteiger charge is 2.18. The molecule has 1 N–H and O–H groups in total. The Morgan fingerprint density at radius 2 is 1.84 bits per heavy atom. The van der Waals surface area contributed by atoms with Gasteiger partial charge in [-0.2, -0.15) is 0 Å². The molecule has 1 aliphatic rings. The summed E-state index contributed by atoms with van der Waals surface area (Å²) in [6.07, 6.45) is 4.91. The minimum absolute atomic E-state index is 0.179. The van der Waals surface area contributed by atoms with Gasteiger partial charge < -0.3 is 10.1 Å². The number of aromatic nitrogens is 2. The molecule has 0 spiro atoms. The topological polar surface area (TPSA) is 68.5 Å². The molecule has 3 aromatic rings. The van der Waals surface area contributed by atoms with Gasteiger partial charge in [0.1, 0.15) is 24.4 Å². The number of anilines is 1. The van der Waals surface area contributed by atoms with E-state index in [9.17, 15) is 4.79 Å². The maximum Gasteiger partial charge on any atom is 0.277 e. The number of hydrogen-bond donors (Lipinski definition) is 1. The van der Waals surface area contributed by atoms with Gasteiger partial charge in [-0.1, -0.05) is 67.2 Å². The molecule has 160 valence electrons. The van der Waals surface area contributed by atoms with Crippen LogP contribution in [0.25, 0.3) is 11.4 Å². The van der Waals surface area contributed by atoms with E-state index in [0.717, 1.165) is 16.8 Å². The predicted octanol–water partition coefficient (Wildman–Crippen LogP) is 4.41. The Morgan fingerprint density at radius 1 is 1.16 bits per heavy atom. The Balaban J connectivity index is 1.63. The molecule has 1 aromatic heterocycles. The zero-order valence-corrected chi connectivity index (χ0v) is 17.9. The van der Waals surface area contributed by atoms with E-state index in [2.05, 4.69) is 22.6 Å². The summed E-state index contributed by atoms with van der Waals surface area (Å²) >= 11 is 0. The van der Waals surface area contributed by atoms with E-state index in [4.69, 9.17) is 9.73 Å². The second-order valence-electron chi connectivity index (χ2n) is 7.33. The lowest BCUT2D eigenvalue weighted by Crippen LogP contribution is -2.30. The minimum atomic E-state index is -0.255. The van der Waals surface area contributed by atoms with Crippen LogP contribution in [-0.4, -0.2) is 27.9 Å². The number of benzene rings is 2. The number of hydrogen-bond acceptors (Lipinski definition) is 5. The van der Waals surface area contributed by atoms with Gasteiger partial charge in [-0.05, 0) is 18.6 Å². The molecule has 6 heteroatoms. The van der Waals surface area contributed by atoms with Gasteiger partial charge in [0.05, 0.1) is 30.2 Å². The van der Waals surface area contributed by atoms with E-state index in [1.165, 1.54) is 0 Å². The number of nitrogens with zero attached hydrogens (tertiary/aromatic N) is 3. The molecule has 0 aliphatic carbocycles. The summed E-state index contributed by atoms with van der Waals surface area (Å²) in [7, 11) is 0. The van der Waals surface area contributed by atoms with Crippen LogP contribution in [0, 0.1) is 0 Å². The summed E-state index contributed by atoms with van der Waals surface area (Å²) < 4.78 is 7.24. The molecule has 32 heavy (non-hydrogen) atoms. The highest BCUT2D eigenvalue weighted by Crippen LogP contribution is 2.19. The minimum Gasteiger partial charge on any atom is -0.493 e. The van der Waals surface area contributed by atoms with E-state index >= 15 is 0 Å². The molecule has 1 aliphatic heterocycles. The van der Waals surface area contributed by atoms with Crippen LogP contribution in [0.3, 0.4) is 0 Å².